The molecule has 2 aromatic carbocycles. The Morgan fingerprint density at radius 3 is 1.84 bits per heavy atom. The molecule has 0 aliphatic rings. The SMILES string of the molecule is CC(=O)c1ccc(NC(=O)/C(C)=C\C(=O)Nc2ccc(C(=O)NCC(=O)O)cc2)cc1. The third kappa shape index (κ3) is 7.24. The van der Waals surface area contributed by atoms with Crippen molar-refractivity contribution in [2.24, 2.45) is 0 Å². The number of carbonyl (C=O) groups excluding carboxylic acids is 4. The first-order valence-electron chi connectivity index (χ1n) is 9.17. The molecule has 0 spiro atoms. The highest BCUT2D eigenvalue weighted by Gasteiger charge is 2.10. The zero-order valence-corrected chi connectivity index (χ0v) is 16.9. The molecule has 0 unspecified atom stereocenters. The first kappa shape index (κ1) is 23.0. The van der Waals surface area contributed by atoms with E-state index in [2.05, 4.69) is 16.0 Å². The lowest BCUT2D eigenvalue weighted by Crippen LogP contribution is -2.29. The van der Waals surface area contributed by atoms with Gasteiger partial charge in [-0.1, -0.05) is 0 Å². The monoisotopic (exact) mass is 423 g/mol. The summed E-state index contributed by atoms with van der Waals surface area (Å²) in [5, 5.41) is 16.0. The number of nitrogens with one attached hydrogen (secondary N) is 3. The van der Waals surface area contributed by atoms with Gasteiger partial charge in [0.25, 0.3) is 11.8 Å². The molecule has 9 nitrogen and oxygen atoms in total. The predicted octanol–water partition coefficient (Wildman–Crippen LogP) is 2.23. The standard InChI is InChI=1S/C22H21N3O6/c1-13(21(30)25-18-7-3-15(4-8-18)14(2)26)11-19(27)24-17-9-5-16(6-10-17)22(31)23-12-20(28)29/h3-11H,12H2,1-2H3,(H,23,31)(H,24,27)(H,25,30)(H,28,29)/b13-11-. The van der Waals surface area contributed by atoms with E-state index in [1.807, 2.05) is 0 Å². The number of Topliss-reactive ketones (excluding diaryl/α,β-unsaturated/α-hetero) is 1. The van der Waals surface area contributed by atoms with E-state index in [-0.39, 0.29) is 16.9 Å². The number of carbonyl (C=O) groups is 5. The smallest absolute Gasteiger partial charge is 0.322 e. The van der Waals surface area contributed by atoms with Crippen LogP contribution < -0.4 is 16.0 Å². The normalized spacial score (nSPS) is 10.7. The number of ketones is 1. The second kappa shape index (κ2) is 10.5. The molecule has 0 aliphatic carbocycles. The van der Waals surface area contributed by atoms with Crippen molar-refractivity contribution in [3.8, 4) is 0 Å². The second-order valence-electron chi connectivity index (χ2n) is 6.56. The van der Waals surface area contributed by atoms with E-state index in [1.165, 1.54) is 38.1 Å². The van der Waals surface area contributed by atoms with Crippen LogP contribution in [-0.2, 0) is 14.4 Å². The van der Waals surface area contributed by atoms with Crippen LogP contribution in [-0.4, -0.2) is 41.1 Å². The lowest BCUT2D eigenvalue weighted by molar-refractivity contribution is -0.135. The van der Waals surface area contributed by atoms with Crippen LogP contribution in [0.3, 0.4) is 0 Å². The maximum Gasteiger partial charge on any atom is 0.322 e. The Morgan fingerprint density at radius 2 is 1.32 bits per heavy atom. The van der Waals surface area contributed by atoms with E-state index in [1.54, 1.807) is 24.3 Å². The van der Waals surface area contributed by atoms with Gasteiger partial charge in [0.05, 0.1) is 0 Å². The average Bonchev–Trinajstić information content (AvgIpc) is 2.72. The van der Waals surface area contributed by atoms with E-state index < -0.39 is 30.2 Å². The van der Waals surface area contributed by atoms with Crippen molar-refractivity contribution < 1.29 is 29.1 Å². The average molecular weight is 423 g/mol. The Hall–Kier alpha value is -4.27. The molecule has 0 heterocycles. The van der Waals surface area contributed by atoms with Crippen molar-refractivity contribution in [1.82, 2.24) is 5.32 Å². The van der Waals surface area contributed by atoms with Gasteiger partial charge in [0, 0.05) is 34.2 Å². The Bertz CT molecular complexity index is 1040. The summed E-state index contributed by atoms with van der Waals surface area (Å²) in [5.41, 5.74) is 1.80. The summed E-state index contributed by atoms with van der Waals surface area (Å²) in [6, 6.07) is 12.2. The lowest BCUT2D eigenvalue weighted by atomic mass is 10.1. The predicted molar refractivity (Wildman–Crippen MR) is 114 cm³/mol. The van der Waals surface area contributed by atoms with Gasteiger partial charge in [-0.2, -0.15) is 0 Å². The fraction of sp³-hybridized carbons (Fsp3) is 0.136. The van der Waals surface area contributed by atoms with Crippen molar-refractivity contribution in [2.75, 3.05) is 17.2 Å². The topological polar surface area (TPSA) is 142 Å². The van der Waals surface area contributed by atoms with Gasteiger partial charge in [-0.05, 0) is 62.4 Å². The summed E-state index contributed by atoms with van der Waals surface area (Å²) in [6.45, 7) is 2.43. The number of anilines is 2. The fourth-order valence-electron chi connectivity index (χ4n) is 2.42. The van der Waals surface area contributed by atoms with E-state index in [0.29, 0.717) is 16.9 Å². The van der Waals surface area contributed by atoms with Gasteiger partial charge in [0.2, 0.25) is 5.91 Å². The first-order chi connectivity index (χ1) is 14.7. The van der Waals surface area contributed by atoms with Crippen LogP contribution in [0.2, 0.25) is 0 Å². The molecule has 0 aliphatic heterocycles. The largest absolute Gasteiger partial charge is 0.480 e. The van der Waals surface area contributed by atoms with Crippen LogP contribution in [0.15, 0.2) is 60.2 Å². The summed E-state index contributed by atoms with van der Waals surface area (Å²) < 4.78 is 0. The van der Waals surface area contributed by atoms with E-state index in [9.17, 15) is 24.0 Å². The molecule has 3 amide bonds. The third-order valence-electron chi connectivity index (χ3n) is 4.07. The highest BCUT2D eigenvalue weighted by Crippen LogP contribution is 2.12. The quantitative estimate of drug-likeness (QED) is 0.379. The van der Waals surface area contributed by atoms with Crippen LogP contribution in [0.5, 0.6) is 0 Å². The highest BCUT2D eigenvalue weighted by atomic mass is 16.4. The number of aliphatic carboxylic acids is 1. The first-order valence-corrected chi connectivity index (χ1v) is 9.17. The molecule has 4 N–H and O–H groups in total. The molecule has 9 heteroatoms. The van der Waals surface area contributed by atoms with Gasteiger partial charge in [0.1, 0.15) is 6.54 Å². The van der Waals surface area contributed by atoms with Crippen LogP contribution in [0.4, 0.5) is 11.4 Å². The number of carboxylic acids is 1. The minimum atomic E-state index is -1.16. The third-order valence-corrected chi connectivity index (χ3v) is 4.07. The van der Waals surface area contributed by atoms with Crippen molar-refractivity contribution in [3.63, 3.8) is 0 Å². The maximum absolute atomic E-state index is 12.2. The summed E-state index contributed by atoms with van der Waals surface area (Å²) in [7, 11) is 0. The summed E-state index contributed by atoms with van der Waals surface area (Å²) >= 11 is 0. The van der Waals surface area contributed by atoms with Gasteiger partial charge in [-0.25, -0.2) is 0 Å². The van der Waals surface area contributed by atoms with E-state index in [0.717, 1.165) is 6.08 Å². The molecule has 31 heavy (non-hydrogen) atoms. The molecule has 0 bridgehead atoms. The van der Waals surface area contributed by atoms with E-state index >= 15 is 0 Å². The summed E-state index contributed by atoms with van der Waals surface area (Å²) in [6.07, 6.45) is 1.13. The van der Waals surface area contributed by atoms with Crippen LogP contribution >= 0.6 is 0 Å². The Labute approximate surface area is 178 Å². The van der Waals surface area contributed by atoms with Crippen LogP contribution in [0.25, 0.3) is 0 Å². The molecule has 0 saturated carbocycles. The Balaban J connectivity index is 1.93. The van der Waals surface area contributed by atoms with Gasteiger partial charge in [-0.3, -0.25) is 24.0 Å². The second-order valence-corrected chi connectivity index (χ2v) is 6.56. The van der Waals surface area contributed by atoms with Gasteiger partial charge < -0.3 is 21.1 Å². The molecule has 0 saturated heterocycles. The zero-order valence-electron chi connectivity index (χ0n) is 16.9. The molecule has 0 atom stereocenters. The van der Waals surface area contributed by atoms with Crippen molar-refractivity contribution >= 4 is 40.8 Å². The number of rotatable bonds is 8. The highest BCUT2D eigenvalue weighted by molar-refractivity contribution is 6.10. The van der Waals surface area contributed by atoms with Gasteiger partial charge in [0.15, 0.2) is 5.78 Å². The fourth-order valence-corrected chi connectivity index (χ4v) is 2.42. The van der Waals surface area contributed by atoms with Crippen molar-refractivity contribution in [3.05, 3.63) is 71.3 Å². The number of benzene rings is 2. The van der Waals surface area contributed by atoms with Gasteiger partial charge >= 0.3 is 5.97 Å². The van der Waals surface area contributed by atoms with Gasteiger partial charge in [-0.15, -0.1) is 0 Å². The summed E-state index contributed by atoms with van der Waals surface area (Å²) in [4.78, 5) is 57.9. The zero-order chi connectivity index (χ0) is 23.0. The summed E-state index contributed by atoms with van der Waals surface area (Å²) in [5.74, 6) is -2.81. The number of amides is 3. The molecule has 0 fully saturated rings. The maximum atomic E-state index is 12.2. The number of carboxylic acid groups (broad SMARTS) is 1. The molecule has 160 valence electrons. The molecule has 0 radical (unpaired) electrons. The Kier molecular flexibility index (Phi) is 7.79. The minimum absolute atomic E-state index is 0.0838. The Morgan fingerprint density at radius 1 is 0.806 bits per heavy atom. The number of hydrogen-bond acceptors (Lipinski definition) is 5. The molecule has 2 rings (SSSR count). The molecular formula is C22H21N3O6. The molecule has 0 aromatic heterocycles. The lowest BCUT2D eigenvalue weighted by Gasteiger charge is -2.07. The van der Waals surface area contributed by atoms with Crippen molar-refractivity contribution in [1.29, 1.82) is 0 Å². The van der Waals surface area contributed by atoms with Crippen molar-refractivity contribution in [2.45, 2.75) is 13.8 Å². The van der Waals surface area contributed by atoms with Crippen LogP contribution in [0, 0.1) is 0 Å². The minimum Gasteiger partial charge on any atom is -0.480 e. The van der Waals surface area contributed by atoms with Crippen LogP contribution in [0.1, 0.15) is 34.6 Å². The number of hydrogen-bond donors (Lipinski definition) is 4. The molecular weight excluding hydrogens is 402 g/mol. The van der Waals surface area contributed by atoms with E-state index in [4.69, 9.17) is 5.11 Å². The molecule has 2 aromatic rings.